The monoisotopic (exact) mass is 679 g/mol. The van der Waals surface area contributed by atoms with E-state index in [1.807, 2.05) is 18.2 Å². The highest BCUT2D eigenvalue weighted by atomic mass is 32.2. The normalized spacial score (nSPS) is 13.2. The number of carboxylic acids is 1. The van der Waals surface area contributed by atoms with Crippen molar-refractivity contribution >= 4 is 40.8 Å². The molecule has 0 atom stereocenters. The second-order valence-corrected chi connectivity index (χ2v) is 12.3. The number of aliphatic carboxylic acids is 1. The smallest absolute Gasteiger partial charge is 0.416 e. The Balaban J connectivity index is 1.37. The van der Waals surface area contributed by atoms with Crippen molar-refractivity contribution in [1.29, 1.82) is 0 Å². The van der Waals surface area contributed by atoms with E-state index < -0.39 is 17.7 Å². The summed E-state index contributed by atoms with van der Waals surface area (Å²) in [6, 6.07) is 18.9. The fourth-order valence-electron chi connectivity index (χ4n) is 5.26. The Labute approximate surface area is 279 Å². The van der Waals surface area contributed by atoms with E-state index in [-0.39, 0.29) is 30.3 Å². The first kappa shape index (κ1) is 34.4. The third-order valence-electron chi connectivity index (χ3n) is 7.71. The Morgan fingerprint density at radius 2 is 1.71 bits per heavy atom. The van der Waals surface area contributed by atoms with Crippen molar-refractivity contribution in [3.8, 4) is 11.3 Å². The molecular formula is C34H34F3N6O4S+. The summed E-state index contributed by atoms with van der Waals surface area (Å²) in [5, 5.41) is 11.9. The van der Waals surface area contributed by atoms with Crippen LogP contribution in [0.3, 0.4) is 0 Å². The number of nitrogens with zero attached hydrogens (tertiary/aromatic N) is 4. The van der Waals surface area contributed by atoms with Gasteiger partial charge in [-0.15, -0.1) is 0 Å². The summed E-state index contributed by atoms with van der Waals surface area (Å²) in [7, 11) is 0. The third-order valence-corrected chi connectivity index (χ3v) is 8.74. The fourth-order valence-corrected chi connectivity index (χ4v) is 6.13. The van der Waals surface area contributed by atoms with Crippen LogP contribution in [0.4, 0.5) is 30.4 Å². The first-order valence-electron chi connectivity index (χ1n) is 15.3. The van der Waals surface area contributed by atoms with E-state index in [1.54, 1.807) is 24.3 Å². The van der Waals surface area contributed by atoms with Gasteiger partial charge in [-0.1, -0.05) is 24.3 Å². The van der Waals surface area contributed by atoms with E-state index in [0.29, 0.717) is 38.9 Å². The van der Waals surface area contributed by atoms with Gasteiger partial charge < -0.3 is 15.3 Å². The zero-order valence-corrected chi connectivity index (χ0v) is 26.7. The Morgan fingerprint density at radius 1 is 0.938 bits per heavy atom. The van der Waals surface area contributed by atoms with Gasteiger partial charge in [-0.25, -0.2) is 10.4 Å². The van der Waals surface area contributed by atoms with Crippen LogP contribution >= 0.6 is 11.8 Å². The van der Waals surface area contributed by atoms with Gasteiger partial charge in [0.15, 0.2) is 0 Å². The number of rotatable bonds is 13. The zero-order chi connectivity index (χ0) is 34.1. The average Bonchev–Trinajstić information content (AvgIpc) is 3.09. The van der Waals surface area contributed by atoms with E-state index in [0.717, 1.165) is 55.7 Å². The van der Waals surface area contributed by atoms with E-state index in [2.05, 4.69) is 25.6 Å². The molecule has 0 unspecified atom stereocenters. The Morgan fingerprint density at radius 3 is 2.48 bits per heavy atom. The Hall–Kier alpha value is -4.98. The van der Waals surface area contributed by atoms with Crippen LogP contribution in [0.2, 0.25) is 0 Å². The van der Waals surface area contributed by atoms with Gasteiger partial charge in [0.1, 0.15) is 0 Å². The fraction of sp³-hybridized carbons (Fsp3) is 0.294. The number of nitroso groups, excluding NO2 is 1. The Bertz CT molecular complexity index is 1780. The van der Waals surface area contributed by atoms with Crippen molar-refractivity contribution in [2.24, 2.45) is 0 Å². The van der Waals surface area contributed by atoms with E-state index in [4.69, 9.17) is 5.11 Å². The van der Waals surface area contributed by atoms with Crippen molar-refractivity contribution in [2.45, 2.75) is 44.2 Å². The van der Waals surface area contributed by atoms with Crippen LogP contribution in [0.15, 0.2) is 79.1 Å². The van der Waals surface area contributed by atoms with Crippen LogP contribution in [-0.2, 0) is 23.3 Å². The molecule has 5 rings (SSSR count). The predicted octanol–water partition coefficient (Wildman–Crippen LogP) is 7.23. The molecule has 1 aliphatic heterocycles. The second kappa shape index (κ2) is 15.7. The summed E-state index contributed by atoms with van der Waals surface area (Å²) in [6.07, 6.45) is 0.0265. The molecular weight excluding hydrogens is 645 g/mol. The van der Waals surface area contributed by atoms with Gasteiger partial charge in [-0.05, 0) is 82.7 Å². The molecule has 1 amide bonds. The largest absolute Gasteiger partial charge is 0.481 e. The molecule has 1 saturated heterocycles. The van der Waals surface area contributed by atoms with Gasteiger partial charge in [0.25, 0.3) is 5.91 Å². The first-order valence-corrected chi connectivity index (χ1v) is 16.5. The second-order valence-electron chi connectivity index (χ2n) is 11.2. The molecule has 250 valence electrons. The van der Waals surface area contributed by atoms with Crippen molar-refractivity contribution in [1.82, 2.24) is 15.4 Å². The summed E-state index contributed by atoms with van der Waals surface area (Å²) >= 11 is 1.47. The van der Waals surface area contributed by atoms with Gasteiger partial charge in [0.05, 0.1) is 40.8 Å². The maximum absolute atomic E-state index is 13.5. The molecule has 0 aliphatic carbocycles. The van der Waals surface area contributed by atoms with E-state index >= 15 is 0 Å². The highest BCUT2D eigenvalue weighted by Gasteiger charge is 2.30. The summed E-state index contributed by atoms with van der Waals surface area (Å²) in [4.78, 5) is 48.3. The number of carboxylic acid groups (broad SMARTS) is 1. The number of nitrogens with one attached hydrogen (secondary N) is 2. The van der Waals surface area contributed by atoms with Crippen LogP contribution in [-0.4, -0.2) is 50.7 Å². The van der Waals surface area contributed by atoms with E-state index in [1.165, 1.54) is 36.3 Å². The quantitative estimate of drug-likeness (QED) is 0.0762. The highest BCUT2D eigenvalue weighted by molar-refractivity contribution is 7.98. The molecule has 3 aromatic carbocycles. The van der Waals surface area contributed by atoms with Gasteiger partial charge in [0, 0.05) is 41.4 Å². The van der Waals surface area contributed by atoms with Gasteiger partial charge in [-0.3, -0.25) is 9.59 Å². The lowest BCUT2D eigenvalue weighted by Crippen LogP contribution is -2.29. The number of amides is 1. The zero-order valence-electron chi connectivity index (χ0n) is 25.9. The number of hydrazine groups is 1. The van der Waals surface area contributed by atoms with Crippen LogP contribution in [0, 0.1) is 4.91 Å². The SMILES string of the molecule is O=C(O)CCSCc1cccc(C(=O)Nc2ccc(N3CCCCC3)cc2-c2cc([N+](=O)NCc3cccc(C(F)(F)F)c3)ncn2)c1. The lowest BCUT2D eigenvalue weighted by atomic mass is 10.0. The number of piperidine rings is 1. The number of thioether (sulfide) groups is 1. The lowest BCUT2D eigenvalue weighted by Gasteiger charge is -2.29. The standard InChI is InChI=1S/C34H33F3N6O4S/c35-34(36,37)26-9-5-6-23(17-26)20-40-43(47)31-19-30(38-22-39-31)28-18-27(42-13-2-1-3-14-42)10-11-29(28)41-33(46)25-8-4-7-24(16-25)21-48-15-12-32(44)45/h4-11,16-19,22H,1-3,12-15,20-21H2,(H2-,38,39,40,41,44,45,46,47)/p+1. The number of alkyl halides is 3. The lowest BCUT2D eigenvalue weighted by molar-refractivity contribution is -0.534. The number of aromatic nitrogens is 2. The number of carbonyl (C=O) groups excluding carboxylic acids is 1. The molecule has 1 aromatic heterocycles. The van der Waals surface area contributed by atoms with Crippen molar-refractivity contribution in [3.63, 3.8) is 0 Å². The predicted molar refractivity (Wildman–Crippen MR) is 178 cm³/mol. The van der Waals surface area contributed by atoms with Gasteiger partial charge >= 0.3 is 18.0 Å². The number of carbonyl (C=O) groups is 2. The molecule has 48 heavy (non-hydrogen) atoms. The molecule has 4 aromatic rings. The average molecular weight is 680 g/mol. The van der Waals surface area contributed by atoms with Crippen LogP contribution in [0.5, 0.6) is 0 Å². The molecule has 0 saturated carbocycles. The van der Waals surface area contributed by atoms with Crippen LogP contribution in [0.25, 0.3) is 11.3 Å². The topological polar surface area (TPSA) is 128 Å². The van der Waals surface area contributed by atoms with Crippen molar-refractivity contribution in [2.75, 3.05) is 29.1 Å². The number of hydrogen-bond acceptors (Lipinski definition) is 7. The molecule has 1 fully saturated rings. The van der Waals surface area contributed by atoms with Crippen LogP contribution < -0.4 is 15.6 Å². The number of halogens is 3. The molecule has 0 spiro atoms. The summed E-state index contributed by atoms with van der Waals surface area (Å²) in [5.74, 6) is -0.270. The van der Waals surface area contributed by atoms with Gasteiger partial charge in [-0.2, -0.15) is 24.9 Å². The maximum Gasteiger partial charge on any atom is 0.416 e. The van der Waals surface area contributed by atoms with Gasteiger partial charge in [0.2, 0.25) is 6.33 Å². The number of anilines is 2. The maximum atomic E-state index is 13.5. The van der Waals surface area contributed by atoms with Crippen molar-refractivity contribution in [3.05, 3.63) is 106 Å². The minimum Gasteiger partial charge on any atom is -0.481 e. The third kappa shape index (κ3) is 9.31. The highest BCUT2D eigenvalue weighted by Crippen LogP contribution is 2.34. The number of hydrogen-bond donors (Lipinski definition) is 3. The molecule has 0 bridgehead atoms. The van der Waals surface area contributed by atoms with Crippen LogP contribution in [0.1, 0.15) is 52.7 Å². The Kier molecular flexibility index (Phi) is 11.3. The molecule has 10 nitrogen and oxygen atoms in total. The minimum absolute atomic E-state index is 0.0573. The molecule has 1 aliphatic rings. The summed E-state index contributed by atoms with van der Waals surface area (Å²) < 4.78 is 39.4. The molecule has 14 heteroatoms. The minimum atomic E-state index is -4.50. The summed E-state index contributed by atoms with van der Waals surface area (Å²) in [6.45, 7) is 1.59. The molecule has 2 heterocycles. The van der Waals surface area contributed by atoms with E-state index in [9.17, 15) is 27.7 Å². The number of benzene rings is 3. The van der Waals surface area contributed by atoms with Crippen molar-refractivity contribution < 1.29 is 32.7 Å². The summed E-state index contributed by atoms with van der Waals surface area (Å²) in [5.41, 5.74) is 5.61. The molecule has 3 N–H and O–H groups in total. The first-order chi connectivity index (χ1) is 23.1. The molecule has 0 radical (unpaired) electrons.